The summed E-state index contributed by atoms with van der Waals surface area (Å²) in [5.41, 5.74) is 5.35. The van der Waals surface area contributed by atoms with Crippen molar-refractivity contribution in [3.63, 3.8) is 0 Å². The summed E-state index contributed by atoms with van der Waals surface area (Å²) in [7, 11) is 0. The van der Waals surface area contributed by atoms with E-state index in [4.69, 9.17) is 5.73 Å². The van der Waals surface area contributed by atoms with Crippen LogP contribution in [0.5, 0.6) is 0 Å². The third-order valence-electron chi connectivity index (χ3n) is 0.558. The molecule has 1 atom stereocenters. The molecule has 0 saturated heterocycles. The lowest BCUT2D eigenvalue weighted by atomic mass is 10.6. The fourth-order valence-corrected chi connectivity index (χ4v) is 0.763. The molecule has 0 aromatic rings. The van der Waals surface area contributed by atoms with Gasteiger partial charge < -0.3 is 10.5 Å². The van der Waals surface area contributed by atoms with Gasteiger partial charge in [-0.05, 0) is 18.0 Å². The summed E-state index contributed by atoms with van der Waals surface area (Å²) in [6, 6.07) is 0. The van der Waals surface area contributed by atoms with Gasteiger partial charge in [0.05, 0.1) is 5.37 Å². The van der Waals surface area contributed by atoms with Gasteiger partial charge in [0.1, 0.15) is 0 Å². The van der Waals surface area contributed by atoms with E-state index in [-0.39, 0.29) is 5.37 Å². The molecule has 0 aliphatic carbocycles. The molecule has 1 unspecified atom stereocenters. The zero-order chi connectivity index (χ0) is 4.41. The Morgan fingerprint density at radius 2 is 2.67 bits per heavy atom. The summed E-state index contributed by atoms with van der Waals surface area (Å²) in [6.45, 7) is 0. The van der Waals surface area contributed by atoms with Crippen molar-refractivity contribution >= 4 is 11.9 Å². The lowest BCUT2D eigenvalue weighted by Gasteiger charge is -1.91. The molecule has 0 amide bonds. The van der Waals surface area contributed by atoms with Gasteiger partial charge in [0.25, 0.3) is 0 Å². The normalized spacial score (nSPS) is 30.5. The minimum atomic E-state index is 0.171. The van der Waals surface area contributed by atoms with E-state index in [0.717, 1.165) is 0 Å². The predicted molar refractivity (Wildman–Crippen MR) is 27.8 cm³/mol. The number of nitrogens with two attached hydrogens (primary N) is 1. The number of rotatable bonds is 0. The summed E-state index contributed by atoms with van der Waals surface area (Å²) >= 11 is 1.51. The Morgan fingerprint density at radius 1 is 1.83 bits per heavy atom. The molecular weight excluding hydrogens is 96.1 g/mol. The summed E-state index contributed by atoms with van der Waals surface area (Å²) < 4.78 is 2.88. The first-order valence-electron chi connectivity index (χ1n) is 1.73. The summed E-state index contributed by atoms with van der Waals surface area (Å²) in [6.07, 6.45) is 3.75. The van der Waals surface area contributed by atoms with Gasteiger partial charge in [-0.1, -0.05) is 0 Å². The van der Waals surface area contributed by atoms with E-state index in [1.807, 2.05) is 12.3 Å². The smallest absolute Gasteiger partial charge is 0.0910 e. The molecule has 1 aliphatic heterocycles. The summed E-state index contributed by atoms with van der Waals surface area (Å²) in [5.74, 6) is 0. The van der Waals surface area contributed by atoms with Crippen molar-refractivity contribution < 1.29 is 0 Å². The molecule has 0 radical (unpaired) electrons. The van der Waals surface area contributed by atoms with E-state index >= 15 is 0 Å². The SMILES string of the molecule is NC1C=CNS1. The number of nitrogens with one attached hydrogen (secondary N) is 1. The molecule has 0 saturated carbocycles. The average molecular weight is 102 g/mol. The Labute approximate surface area is 40.9 Å². The molecule has 1 rings (SSSR count). The van der Waals surface area contributed by atoms with Crippen LogP contribution in [-0.2, 0) is 0 Å². The Kier molecular flexibility index (Phi) is 1.03. The van der Waals surface area contributed by atoms with Gasteiger partial charge in [-0.3, -0.25) is 0 Å². The molecule has 3 N–H and O–H groups in total. The van der Waals surface area contributed by atoms with Gasteiger partial charge in [0.2, 0.25) is 0 Å². The zero-order valence-electron chi connectivity index (χ0n) is 3.22. The Balaban J connectivity index is 2.38. The maximum atomic E-state index is 5.35. The van der Waals surface area contributed by atoms with Crippen molar-refractivity contribution in [2.75, 3.05) is 0 Å². The topological polar surface area (TPSA) is 38.0 Å². The lowest BCUT2D eigenvalue weighted by molar-refractivity contribution is 1.18. The van der Waals surface area contributed by atoms with Crippen LogP contribution in [0.3, 0.4) is 0 Å². The monoisotopic (exact) mass is 102 g/mol. The Morgan fingerprint density at radius 3 is 2.83 bits per heavy atom. The predicted octanol–water partition coefficient (Wildman–Crippen LogP) is 0.0363. The van der Waals surface area contributed by atoms with Crippen molar-refractivity contribution in [3.8, 4) is 0 Å². The number of hydrogen-bond donors (Lipinski definition) is 2. The van der Waals surface area contributed by atoms with Crippen molar-refractivity contribution in [3.05, 3.63) is 12.3 Å². The first kappa shape index (κ1) is 4.02. The first-order chi connectivity index (χ1) is 2.89. The lowest BCUT2D eigenvalue weighted by Crippen LogP contribution is -2.09. The Bertz CT molecular complexity index is 71.2. The van der Waals surface area contributed by atoms with E-state index in [2.05, 4.69) is 4.72 Å². The fourth-order valence-electron chi connectivity index (χ4n) is 0.291. The van der Waals surface area contributed by atoms with Crippen LogP contribution in [0.4, 0.5) is 0 Å². The molecule has 0 aromatic carbocycles. The third-order valence-corrected chi connectivity index (χ3v) is 1.26. The molecule has 0 fully saturated rings. The second-order valence-corrected chi connectivity index (χ2v) is 2.08. The van der Waals surface area contributed by atoms with Gasteiger partial charge in [-0.15, -0.1) is 0 Å². The molecule has 0 aromatic heterocycles. The van der Waals surface area contributed by atoms with Crippen LogP contribution in [0.25, 0.3) is 0 Å². The molecule has 0 bridgehead atoms. The average Bonchev–Trinajstić information content (AvgIpc) is 1.86. The van der Waals surface area contributed by atoms with E-state index in [9.17, 15) is 0 Å². The van der Waals surface area contributed by atoms with E-state index in [1.165, 1.54) is 11.9 Å². The van der Waals surface area contributed by atoms with Crippen LogP contribution in [-0.4, -0.2) is 5.37 Å². The zero-order valence-corrected chi connectivity index (χ0v) is 4.03. The fraction of sp³-hybridized carbons (Fsp3) is 0.333. The molecule has 3 heteroatoms. The maximum Gasteiger partial charge on any atom is 0.0910 e. The molecule has 34 valence electrons. The Hall–Kier alpha value is -0.150. The highest BCUT2D eigenvalue weighted by Gasteiger charge is 1.98. The van der Waals surface area contributed by atoms with Crippen LogP contribution in [0.15, 0.2) is 12.3 Å². The minimum Gasteiger partial charge on any atom is -0.335 e. The van der Waals surface area contributed by atoms with E-state index in [0.29, 0.717) is 0 Å². The van der Waals surface area contributed by atoms with Crippen LogP contribution in [0.1, 0.15) is 0 Å². The van der Waals surface area contributed by atoms with Crippen LogP contribution in [0.2, 0.25) is 0 Å². The van der Waals surface area contributed by atoms with Gasteiger partial charge in [-0.25, -0.2) is 0 Å². The molecule has 0 spiro atoms. The van der Waals surface area contributed by atoms with Gasteiger partial charge in [-0.2, -0.15) is 0 Å². The molecular formula is C3H6N2S. The maximum absolute atomic E-state index is 5.35. The number of hydrogen-bond acceptors (Lipinski definition) is 3. The second kappa shape index (κ2) is 1.53. The largest absolute Gasteiger partial charge is 0.335 e. The van der Waals surface area contributed by atoms with Crippen LogP contribution < -0.4 is 10.5 Å². The minimum absolute atomic E-state index is 0.171. The summed E-state index contributed by atoms with van der Waals surface area (Å²) in [4.78, 5) is 0. The quantitative estimate of drug-likeness (QED) is 0.424. The van der Waals surface area contributed by atoms with Crippen LogP contribution >= 0.6 is 11.9 Å². The first-order valence-corrected chi connectivity index (χ1v) is 2.61. The highest BCUT2D eigenvalue weighted by Crippen LogP contribution is 2.06. The van der Waals surface area contributed by atoms with Crippen molar-refractivity contribution in [2.24, 2.45) is 5.73 Å². The van der Waals surface area contributed by atoms with Crippen LogP contribution in [0, 0.1) is 0 Å². The van der Waals surface area contributed by atoms with Gasteiger partial charge in [0, 0.05) is 6.20 Å². The molecule has 6 heavy (non-hydrogen) atoms. The van der Waals surface area contributed by atoms with E-state index < -0.39 is 0 Å². The van der Waals surface area contributed by atoms with Crippen molar-refractivity contribution in [2.45, 2.75) is 5.37 Å². The highest BCUT2D eigenvalue weighted by molar-refractivity contribution is 7.98. The standard InChI is InChI=1S/C3H6N2S/c4-3-1-2-5-6-3/h1-3,5H,4H2. The van der Waals surface area contributed by atoms with E-state index in [1.54, 1.807) is 0 Å². The second-order valence-electron chi connectivity index (χ2n) is 1.06. The van der Waals surface area contributed by atoms with Crippen molar-refractivity contribution in [1.82, 2.24) is 4.72 Å². The highest BCUT2D eigenvalue weighted by atomic mass is 32.2. The third kappa shape index (κ3) is 0.666. The molecule has 1 aliphatic rings. The van der Waals surface area contributed by atoms with Gasteiger partial charge in [0.15, 0.2) is 0 Å². The summed E-state index contributed by atoms with van der Waals surface area (Å²) in [5, 5.41) is 0.171. The molecule has 2 nitrogen and oxygen atoms in total. The van der Waals surface area contributed by atoms with Crippen molar-refractivity contribution in [1.29, 1.82) is 0 Å². The molecule has 1 heterocycles. The van der Waals surface area contributed by atoms with Gasteiger partial charge >= 0.3 is 0 Å².